The summed E-state index contributed by atoms with van der Waals surface area (Å²) in [5.74, 6) is 0.768. The molecule has 132 valence electrons. The molecular formula is C16H19N5O3S. The molecule has 2 heterocycles. The van der Waals surface area contributed by atoms with E-state index in [4.69, 9.17) is 10.5 Å². The lowest BCUT2D eigenvalue weighted by Crippen LogP contribution is -2.38. The van der Waals surface area contributed by atoms with Crippen LogP contribution in [0.1, 0.15) is 25.0 Å². The molecule has 1 aromatic carbocycles. The molecule has 3 N–H and O–H groups in total. The summed E-state index contributed by atoms with van der Waals surface area (Å²) in [5, 5.41) is 3.19. The molecule has 25 heavy (non-hydrogen) atoms. The van der Waals surface area contributed by atoms with E-state index in [1.807, 2.05) is 13.8 Å². The molecule has 0 bridgehead atoms. The number of fused-ring (bicyclic) bond motifs is 1. The number of hydrogen-bond acceptors (Lipinski definition) is 7. The van der Waals surface area contributed by atoms with E-state index in [1.165, 1.54) is 0 Å². The molecule has 9 heteroatoms. The van der Waals surface area contributed by atoms with Crippen LogP contribution in [-0.4, -0.2) is 36.4 Å². The van der Waals surface area contributed by atoms with Gasteiger partial charge in [-0.2, -0.15) is 0 Å². The number of benzene rings is 1. The largest absolute Gasteiger partial charge is 0.490 e. The third kappa shape index (κ3) is 4.05. The minimum Gasteiger partial charge on any atom is -0.490 e. The summed E-state index contributed by atoms with van der Waals surface area (Å²) in [6.45, 7) is 4.18. The minimum absolute atomic E-state index is 0.0472. The lowest BCUT2D eigenvalue weighted by Gasteiger charge is -2.27. The van der Waals surface area contributed by atoms with Crippen LogP contribution in [0.2, 0.25) is 0 Å². The smallest absolute Gasteiger partial charge is 0.259 e. The maximum absolute atomic E-state index is 11.7. The molecule has 0 fully saturated rings. The van der Waals surface area contributed by atoms with Crippen LogP contribution in [-0.2, 0) is 15.8 Å². The Balaban J connectivity index is 1.79. The second-order valence-electron chi connectivity index (χ2n) is 6.36. The number of nitrogens with zero attached hydrogens (tertiary/aromatic N) is 3. The summed E-state index contributed by atoms with van der Waals surface area (Å²) in [4.78, 5) is 8.27. The van der Waals surface area contributed by atoms with Crippen molar-refractivity contribution in [1.29, 1.82) is 0 Å². The monoisotopic (exact) mass is 361 g/mol. The van der Waals surface area contributed by atoms with Crippen molar-refractivity contribution >= 4 is 21.8 Å². The van der Waals surface area contributed by atoms with Crippen molar-refractivity contribution in [2.75, 3.05) is 11.9 Å². The molecular weight excluding hydrogens is 342 g/mol. The third-order valence-corrected chi connectivity index (χ3v) is 4.70. The van der Waals surface area contributed by atoms with Gasteiger partial charge in [-0.1, -0.05) is 12.1 Å². The number of hydrogen-bond donors (Lipinski definition) is 2. The Morgan fingerprint density at radius 2 is 1.96 bits per heavy atom. The van der Waals surface area contributed by atoms with Gasteiger partial charge in [0.05, 0.1) is 16.9 Å². The fraction of sp³-hybridized carbons (Fsp3) is 0.312. The zero-order valence-corrected chi connectivity index (χ0v) is 14.7. The molecule has 0 spiro atoms. The fourth-order valence-electron chi connectivity index (χ4n) is 2.49. The van der Waals surface area contributed by atoms with Gasteiger partial charge in [-0.3, -0.25) is 0 Å². The van der Waals surface area contributed by atoms with Gasteiger partial charge in [0.1, 0.15) is 18.2 Å². The van der Waals surface area contributed by atoms with Crippen molar-refractivity contribution in [3.63, 3.8) is 0 Å². The number of nitrogens with two attached hydrogens (primary N) is 1. The van der Waals surface area contributed by atoms with Crippen LogP contribution in [0, 0.1) is 0 Å². The molecule has 1 aliphatic rings. The topological polar surface area (TPSA) is 120 Å². The van der Waals surface area contributed by atoms with Crippen molar-refractivity contribution in [1.82, 2.24) is 9.97 Å². The van der Waals surface area contributed by atoms with E-state index < -0.39 is 15.6 Å². The lowest BCUT2D eigenvalue weighted by atomic mass is 10.1. The molecule has 1 aliphatic heterocycles. The van der Waals surface area contributed by atoms with Gasteiger partial charge in [0, 0.05) is 12.4 Å². The van der Waals surface area contributed by atoms with Crippen molar-refractivity contribution in [2.24, 2.45) is 10.1 Å². The molecule has 0 atom stereocenters. The van der Waals surface area contributed by atoms with Crippen molar-refractivity contribution < 1.29 is 13.2 Å². The van der Waals surface area contributed by atoms with E-state index in [1.54, 1.807) is 36.7 Å². The molecule has 0 saturated carbocycles. The highest BCUT2D eigenvalue weighted by Gasteiger charge is 2.26. The molecule has 0 amide bonds. The molecule has 0 unspecified atom stereocenters. The van der Waals surface area contributed by atoms with E-state index >= 15 is 0 Å². The molecule has 0 saturated heterocycles. The maximum Gasteiger partial charge on any atom is 0.259 e. The number of sulfonamides is 1. The summed E-state index contributed by atoms with van der Waals surface area (Å²) < 4.78 is 32.9. The maximum atomic E-state index is 11.7. The Bertz CT molecular complexity index is 911. The number of anilines is 1. The Morgan fingerprint density at radius 3 is 2.68 bits per heavy atom. The molecule has 8 nitrogen and oxygen atoms in total. The molecule has 1 aromatic heterocycles. The summed E-state index contributed by atoms with van der Waals surface area (Å²) >= 11 is 0. The van der Waals surface area contributed by atoms with Gasteiger partial charge in [0.25, 0.3) is 10.0 Å². The van der Waals surface area contributed by atoms with Gasteiger partial charge < -0.3 is 15.8 Å². The summed E-state index contributed by atoms with van der Waals surface area (Å²) in [5.41, 5.74) is 6.50. The Kier molecular flexibility index (Phi) is 4.34. The van der Waals surface area contributed by atoms with Crippen LogP contribution in [0.15, 0.2) is 41.1 Å². The minimum atomic E-state index is -3.57. The number of amidine groups is 1. The van der Waals surface area contributed by atoms with Crippen LogP contribution in [0.4, 0.5) is 5.95 Å². The predicted molar refractivity (Wildman–Crippen MR) is 95.0 cm³/mol. The van der Waals surface area contributed by atoms with E-state index in [0.717, 1.165) is 0 Å². The molecule has 0 radical (unpaired) electrons. The Labute approximate surface area is 146 Å². The zero-order valence-electron chi connectivity index (χ0n) is 13.9. The van der Waals surface area contributed by atoms with Crippen molar-refractivity contribution in [2.45, 2.75) is 25.1 Å². The molecule has 2 aromatic rings. The lowest BCUT2D eigenvalue weighted by molar-refractivity contribution is 0.255. The quantitative estimate of drug-likeness (QED) is 0.823. The highest BCUT2D eigenvalue weighted by atomic mass is 32.2. The van der Waals surface area contributed by atoms with E-state index in [9.17, 15) is 8.42 Å². The van der Waals surface area contributed by atoms with Crippen molar-refractivity contribution in [3.8, 4) is 5.75 Å². The first kappa shape index (κ1) is 17.2. The zero-order chi connectivity index (χ0) is 18.1. The van der Waals surface area contributed by atoms with Gasteiger partial charge >= 0.3 is 0 Å². The molecule has 0 aliphatic carbocycles. The van der Waals surface area contributed by atoms with Gasteiger partial charge in [-0.15, -0.1) is 4.40 Å². The molecule has 3 rings (SSSR count). The van der Waals surface area contributed by atoms with Gasteiger partial charge in [-0.05, 0) is 31.5 Å². The van der Waals surface area contributed by atoms with Crippen molar-refractivity contribution in [3.05, 3.63) is 47.8 Å². The Hall–Kier alpha value is -2.68. The SMILES string of the molecule is CC(C)(COc1cccc2c1C(N)=NS(=O)(=O)C2)Nc1ncccn1. The van der Waals surface area contributed by atoms with Crippen LogP contribution in [0.3, 0.4) is 0 Å². The second-order valence-corrected chi connectivity index (χ2v) is 8.00. The summed E-state index contributed by atoms with van der Waals surface area (Å²) in [6, 6.07) is 6.93. The van der Waals surface area contributed by atoms with E-state index in [0.29, 0.717) is 29.4 Å². The van der Waals surface area contributed by atoms with Gasteiger partial charge in [0.2, 0.25) is 5.95 Å². The van der Waals surface area contributed by atoms with E-state index in [2.05, 4.69) is 19.7 Å². The average molecular weight is 361 g/mol. The first-order valence-corrected chi connectivity index (χ1v) is 9.25. The summed E-state index contributed by atoms with van der Waals surface area (Å²) in [6.07, 6.45) is 3.30. The number of rotatable bonds is 5. The van der Waals surface area contributed by atoms with Gasteiger partial charge in [-0.25, -0.2) is 18.4 Å². The van der Waals surface area contributed by atoms with Crippen LogP contribution >= 0.6 is 0 Å². The fourth-order valence-corrected chi connectivity index (χ4v) is 3.58. The van der Waals surface area contributed by atoms with E-state index in [-0.39, 0.29) is 11.6 Å². The highest BCUT2D eigenvalue weighted by Crippen LogP contribution is 2.28. The number of ether oxygens (including phenoxy) is 1. The standard InChI is InChI=1S/C16H19N5O3S/c1-16(2,20-15-18-7-4-8-19-15)10-24-12-6-3-5-11-9-25(22,23)21-14(17)13(11)12/h3-8H,9-10H2,1-2H3,(H2,17,21)(H,18,19,20). The van der Waals surface area contributed by atoms with Crippen LogP contribution in [0.5, 0.6) is 5.75 Å². The van der Waals surface area contributed by atoms with Crippen LogP contribution in [0.25, 0.3) is 0 Å². The highest BCUT2D eigenvalue weighted by molar-refractivity contribution is 7.89. The third-order valence-electron chi connectivity index (χ3n) is 3.55. The first-order valence-electron chi connectivity index (χ1n) is 7.64. The summed E-state index contributed by atoms with van der Waals surface area (Å²) in [7, 11) is -3.57. The van der Waals surface area contributed by atoms with Crippen LogP contribution < -0.4 is 15.8 Å². The number of aromatic nitrogens is 2. The first-order chi connectivity index (χ1) is 11.8. The number of nitrogens with one attached hydrogen (secondary N) is 1. The Morgan fingerprint density at radius 1 is 1.24 bits per heavy atom. The van der Waals surface area contributed by atoms with Gasteiger partial charge in [0.15, 0.2) is 0 Å². The second kappa shape index (κ2) is 6.32. The normalized spacial score (nSPS) is 15.8. The predicted octanol–water partition coefficient (Wildman–Crippen LogP) is 1.29. The average Bonchev–Trinajstić information content (AvgIpc) is 2.52.